The molecule has 1 saturated carbocycles. The normalized spacial score (nSPS) is 13.6. The highest BCUT2D eigenvalue weighted by Crippen LogP contribution is 2.47. The average molecular weight is 453 g/mol. The van der Waals surface area contributed by atoms with Crippen LogP contribution in [-0.2, 0) is 6.54 Å². The van der Waals surface area contributed by atoms with Crippen LogP contribution >= 0.6 is 11.3 Å². The maximum atomic E-state index is 15.6. The van der Waals surface area contributed by atoms with Crippen LogP contribution in [0.25, 0.3) is 27.1 Å². The number of fused-ring (bicyclic) bond motifs is 1. The van der Waals surface area contributed by atoms with Crippen LogP contribution in [-0.4, -0.2) is 21.2 Å². The monoisotopic (exact) mass is 453 g/mol. The molecule has 1 fully saturated rings. The van der Waals surface area contributed by atoms with E-state index in [0.717, 1.165) is 34.6 Å². The summed E-state index contributed by atoms with van der Waals surface area (Å²) in [4.78, 5) is 30.5. The largest absolute Gasteiger partial charge is 0.494 e. The lowest BCUT2D eigenvalue weighted by Gasteiger charge is -2.17. The maximum absolute atomic E-state index is 15.6. The summed E-state index contributed by atoms with van der Waals surface area (Å²) >= 11 is 1.33. The summed E-state index contributed by atoms with van der Waals surface area (Å²) in [5, 5.41) is 1.84. The zero-order valence-corrected chi connectivity index (χ0v) is 18.0. The highest BCUT2D eigenvalue weighted by atomic mass is 32.1. The van der Waals surface area contributed by atoms with Gasteiger partial charge in [-0.2, -0.15) is 4.68 Å². The van der Waals surface area contributed by atoms with Gasteiger partial charge in [0.05, 0.1) is 30.1 Å². The van der Waals surface area contributed by atoms with Gasteiger partial charge < -0.3 is 16.3 Å². The van der Waals surface area contributed by atoms with Crippen LogP contribution in [0.4, 0.5) is 4.39 Å². The zero-order chi connectivity index (χ0) is 22.6. The van der Waals surface area contributed by atoms with Crippen molar-refractivity contribution in [2.24, 2.45) is 5.73 Å². The molecule has 0 spiro atoms. The molecule has 0 bridgehead atoms. The lowest BCUT2D eigenvalue weighted by Crippen LogP contribution is -2.44. The number of nitrogens with zero attached hydrogens (tertiary/aromatic N) is 3. The van der Waals surface area contributed by atoms with Gasteiger partial charge >= 0.3 is 5.69 Å². The molecule has 0 aromatic carbocycles. The van der Waals surface area contributed by atoms with Gasteiger partial charge in [0, 0.05) is 28.7 Å². The number of methoxy groups -OCH3 is 1. The Morgan fingerprint density at radius 3 is 2.75 bits per heavy atom. The first-order valence-corrected chi connectivity index (χ1v) is 10.9. The zero-order valence-electron chi connectivity index (χ0n) is 17.2. The summed E-state index contributed by atoms with van der Waals surface area (Å²) in [6.45, 7) is 0.222. The Labute approximate surface area is 185 Å². The standard InChI is InChI=1S/C22H20FN5O3S/c1-31-19-17(20-13(6-8-32-20)12-3-2-7-26-15(12)9-24)14(23)10-27-18(19)16(11-4-5-11)21(29)28(25)22(27)30/h2-3,6-8,10-11H,4-5,9,24-25H2,1H3. The molecule has 4 aromatic rings. The second-order valence-electron chi connectivity index (χ2n) is 7.61. The topological polar surface area (TPSA) is 118 Å². The number of nitrogens with two attached hydrogens (primary N) is 2. The molecule has 4 aromatic heterocycles. The van der Waals surface area contributed by atoms with E-state index in [1.807, 2.05) is 17.5 Å². The third kappa shape index (κ3) is 2.94. The minimum Gasteiger partial charge on any atom is -0.494 e. The van der Waals surface area contributed by atoms with Crippen LogP contribution in [0.3, 0.4) is 0 Å². The summed E-state index contributed by atoms with van der Waals surface area (Å²) in [7, 11) is 1.40. The van der Waals surface area contributed by atoms with Crippen molar-refractivity contribution >= 4 is 16.9 Å². The average Bonchev–Trinajstić information content (AvgIpc) is 3.53. The van der Waals surface area contributed by atoms with Crippen molar-refractivity contribution in [3.8, 4) is 27.3 Å². The van der Waals surface area contributed by atoms with E-state index < -0.39 is 17.1 Å². The Kier molecular flexibility index (Phi) is 4.83. The molecule has 0 unspecified atom stereocenters. The van der Waals surface area contributed by atoms with Gasteiger partial charge in [-0.3, -0.25) is 14.2 Å². The molecule has 0 aliphatic heterocycles. The van der Waals surface area contributed by atoms with E-state index >= 15 is 4.39 Å². The Balaban J connectivity index is 1.89. The van der Waals surface area contributed by atoms with Crippen molar-refractivity contribution in [2.45, 2.75) is 25.3 Å². The van der Waals surface area contributed by atoms with E-state index in [2.05, 4.69) is 4.98 Å². The number of thiophene rings is 1. The second kappa shape index (κ2) is 7.57. The van der Waals surface area contributed by atoms with Gasteiger partial charge in [-0.05, 0) is 36.3 Å². The third-order valence-corrected chi connectivity index (χ3v) is 6.67. The lowest BCUT2D eigenvalue weighted by molar-refractivity contribution is 0.415. The fourth-order valence-electron chi connectivity index (χ4n) is 4.13. The van der Waals surface area contributed by atoms with Crippen LogP contribution in [0.15, 0.2) is 45.6 Å². The Morgan fingerprint density at radius 2 is 2.06 bits per heavy atom. The first kappa shape index (κ1) is 20.4. The summed E-state index contributed by atoms with van der Waals surface area (Å²) in [6, 6.07) is 5.53. The van der Waals surface area contributed by atoms with E-state index in [-0.39, 0.29) is 29.3 Å². The number of hydrogen-bond donors (Lipinski definition) is 2. The fraction of sp³-hybridized carbons (Fsp3) is 0.227. The molecular formula is C22H20FN5O3S. The van der Waals surface area contributed by atoms with Gasteiger partial charge in [0.25, 0.3) is 5.56 Å². The molecule has 0 saturated heterocycles. The Morgan fingerprint density at radius 1 is 1.28 bits per heavy atom. The molecule has 0 atom stereocenters. The van der Waals surface area contributed by atoms with Crippen molar-refractivity contribution in [3.05, 3.63) is 73.9 Å². The molecular weight excluding hydrogens is 433 g/mol. The molecule has 32 heavy (non-hydrogen) atoms. The van der Waals surface area contributed by atoms with E-state index in [1.165, 1.54) is 18.4 Å². The van der Waals surface area contributed by atoms with E-state index in [1.54, 1.807) is 12.3 Å². The van der Waals surface area contributed by atoms with Gasteiger partial charge in [-0.25, -0.2) is 9.18 Å². The first-order chi connectivity index (χ1) is 15.5. The van der Waals surface area contributed by atoms with Crippen molar-refractivity contribution in [2.75, 3.05) is 13.0 Å². The van der Waals surface area contributed by atoms with Gasteiger partial charge in [-0.1, -0.05) is 6.07 Å². The van der Waals surface area contributed by atoms with E-state index in [4.69, 9.17) is 16.3 Å². The predicted molar refractivity (Wildman–Crippen MR) is 121 cm³/mol. The number of pyridine rings is 2. The van der Waals surface area contributed by atoms with Crippen LogP contribution in [0, 0.1) is 5.82 Å². The molecule has 10 heteroatoms. The number of halogens is 1. The van der Waals surface area contributed by atoms with Crippen LogP contribution < -0.4 is 27.6 Å². The molecule has 8 nitrogen and oxygen atoms in total. The number of nitrogen functional groups attached to an aromatic ring is 1. The number of hydrogen-bond acceptors (Lipinski definition) is 7. The lowest BCUT2D eigenvalue weighted by atomic mass is 9.99. The van der Waals surface area contributed by atoms with Gasteiger partial charge in [0.1, 0.15) is 5.52 Å². The summed E-state index contributed by atoms with van der Waals surface area (Å²) in [6.07, 6.45) is 4.30. The minimum atomic E-state index is -0.831. The highest BCUT2D eigenvalue weighted by molar-refractivity contribution is 7.14. The number of aromatic nitrogens is 3. The maximum Gasteiger partial charge on any atom is 0.354 e. The molecule has 1 aliphatic carbocycles. The van der Waals surface area contributed by atoms with Gasteiger partial charge in [0.15, 0.2) is 11.6 Å². The summed E-state index contributed by atoms with van der Waals surface area (Å²) < 4.78 is 22.8. The fourth-order valence-corrected chi connectivity index (χ4v) is 5.08. The van der Waals surface area contributed by atoms with Crippen LogP contribution in [0.5, 0.6) is 5.75 Å². The Hall–Kier alpha value is -3.50. The van der Waals surface area contributed by atoms with Crippen molar-refractivity contribution in [1.29, 1.82) is 0 Å². The van der Waals surface area contributed by atoms with E-state index in [9.17, 15) is 9.59 Å². The van der Waals surface area contributed by atoms with Gasteiger partial charge in [-0.15, -0.1) is 11.3 Å². The highest BCUT2D eigenvalue weighted by Gasteiger charge is 2.34. The second-order valence-corrected chi connectivity index (χ2v) is 8.53. The Bertz CT molecular complexity index is 1490. The molecule has 0 radical (unpaired) electrons. The molecule has 4 N–H and O–H groups in total. The molecule has 164 valence electrons. The first-order valence-electron chi connectivity index (χ1n) is 10.0. The number of ether oxygens (including phenoxy) is 1. The molecule has 4 heterocycles. The molecule has 5 rings (SSSR count). The quantitative estimate of drug-likeness (QED) is 0.448. The minimum absolute atomic E-state index is 0.0508. The molecule has 0 amide bonds. The van der Waals surface area contributed by atoms with Crippen molar-refractivity contribution in [1.82, 2.24) is 14.1 Å². The van der Waals surface area contributed by atoms with Crippen LogP contribution in [0.2, 0.25) is 0 Å². The summed E-state index contributed by atoms with van der Waals surface area (Å²) in [5.74, 6) is 5.12. The molecule has 1 aliphatic rings. The SMILES string of the molecule is COc1c(-c2sccc2-c2cccnc2CN)c(F)cn2c(=O)n(N)c(=O)c(C3CC3)c12. The van der Waals surface area contributed by atoms with Gasteiger partial charge in [0.2, 0.25) is 0 Å². The number of rotatable bonds is 5. The smallest absolute Gasteiger partial charge is 0.354 e. The predicted octanol–water partition coefficient (Wildman–Crippen LogP) is 2.45. The van der Waals surface area contributed by atoms with Crippen molar-refractivity contribution < 1.29 is 9.13 Å². The van der Waals surface area contributed by atoms with E-state index in [0.29, 0.717) is 20.8 Å². The van der Waals surface area contributed by atoms with Crippen LogP contribution in [0.1, 0.15) is 30.0 Å². The third-order valence-electron chi connectivity index (χ3n) is 5.74. The van der Waals surface area contributed by atoms with Crippen molar-refractivity contribution in [3.63, 3.8) is 0 Å². The summed E-state index contributed by atoms with van der Waals surface area (Å²) in [5.41, 5.74) is 7.46.